The number of aromatic nitrogens is 3. The van der Waals surface area contributed by atoms with Crippen molar-refractivity contribution >= 4 is 17.4 Å². The molecule has 0 bridgehead atoms. The third-order valence-electron chi connectivity index (χ3n) is 3.11. The van der Waals surface area contributed by atoms with E-state index in [0.29, 0.717) is 10.8 Å². The maximum atomic E-state index is 6.15. The van der Waals surface area contributed by atoms with E-state index >= 15 is 0 Å². The highest BCUT2D eigenvalue weighted by Gasteiger charge is 2.18. The standard InChI is InChI=1S/C15H13ClN4/c1-20-15(17)13(10-5-4-6-11(16)9-10)14(19-20)12-7-2-3-8-18-12/h2-9H,17H2,1H3. The molecule has 0 aliphatic rings. The Labute approximate surface area is 121 Å². The van der Waals surface area contributed by atoms with Gasteiger partial charge >= 0.3 is 0 Å². The van der Waals surface area contributed by atoms with E-state index in [9.17, 15) is 0 Å². The summed E-state index contributed by atoms with van der Waals surface area (Å²) in [6.07, 6.45) is 1.74. The fraction of sp³-hybridized carbons (Fsp3) is 0.0667. The van der Waals surface area contributed by atoms with Crippen molar-refractivity contribution in [1.29, 1.82) is 0 Å². The van der Waals surface area contributed by atoms with Gasteiger partial charge in [0.15, 0.2) is 0 Å². The molecular weight excluding hydrogens is 272 g/mol. The van der Waals surface area contributed by atoms with E-state index in [1.54, 1.807) is 10.9 Å². The molecule has 2 heterocycles. The van der Waals surface area contributed by atoms with Gasteiger partial charge in [0, 0.05) is 18.3 Å². The van der Waals surface area contributed by atoms with Gasteiger partial charge in [-0.25, -0.2) is 0 Å². The molecule has 0 saturated carbocycles. The monoisotopic (exact) mass is 284 g/mol. The first-order valence-corrected chi connectivity index (χ1v) is 6.54. The van der Waals surface area contributed by atoms with Crippen LogP contribution in [0.25, 0.3) is 22.5 Å². The molecular formula is C15H13ClN4. The van der Waals surface area contributed by atoms with Crippen LogP contribution in [0.1, 0.15) is 0 Å². The molecule has 0 spiro atoms. The molecule has 4 nitrogen and oxygen atoms in total. The second-order valence-electron chi connectivity index (χ2n) is 4.46. The first-order chi connectivity index (χ1) is 9.66. The summed E-state index contributed by atoms with van der Waals surface area (Å²) in [6.45, 7) is 0. The van der Waals surface area contributed by atoms with Crippen molar-refractivity contribution in [2.75, 3.05) is 5.73 Å². The van der Waals surface area contributed by atoms with Gasteiger partial charge < -0.3 is 5.73 Å². The van der Waals surface area contributed by atoms with E-state index in [-0.39, 0.29) is 0 Å². The Bertz CT molecular complexity index is 750. The van der Waals surface area contributed by atoms with Crippen molar-refractivity contribution < 1.29 is 0 Å². The molecule has 0 atom stereocenters. The number of aryl methyl sites for hydroxylation is 1. The Hall–Kier alpha value is -2.33. The summed E-state index contributed by atoms with van der Waals surface area (Å²) < 4.78 is 1.65. The molecule has 3 rings (SSSR count). The maximum Gasteiger partial charge on any atom is 0.129 e. The zero-order valence-electron chi connectivity index (χ0n) is 10.9. The zero-order valence-corrected chi connectivity index (χ0v) is 11.7. The first-order valence-electron chi connectivity index (χ1n) is 6.16. The molecule has 100 valence electrons. The second-order valence-corrected chi connectivity index (χ2v) is 4.89. The third kappa shape index (κ3) is 2.14. The van der Waals surface area contributed by atoms with Crippen molar-refractivity contribution in [2.24, 2.45) is 7.05 Å². The molecule has 0 unspecified atom stereocenters. The number of anilines is 1. The fourth-order valence-electron chi connectivity index (χ4n) is 2.15. The number of hydrogen-bond acceptors (Lipinski definition) is 3. The number of nitrogens with two attached hydrogens (primary N) is 1. The Morgan fingerprint density at radius 3 is 2.70 bits per heavy atom. The van der Waals surface area contributed by atoms with Crippen molar-refractivity contribution in [2.45, 2.75) is 0 Å². The lowest BCUT2D eigenvalue weighted by atomic mass is 10.0. The molecule has 2 aromatic heterocycles. The number of nitrogen functional groups attached to an aromatic ring is 1. The number of benzene rings is 1. The summed E-state index contributed by atoms with van der Waals surface area (Å²) in [5, 5.41) is 5.14. The van der Waals surface area contributed by atoms with Crippen LogP contribution in [0.5, 0.6) is 0 Å². The predicted octanol–water partition coefficient (Wildman–Crippen LogP) is 3.38. The third-order valence-corrected chi connectivity index (χ3v) is 3.35. The van der Waals surface area contributed by atoms with Crippen molar-refractivity contribution in [3.8, 4) is 22.5 Å². The Morgan fingerprint density at radius 2 is 2.00 bits per heavy atom. The number of hydrogen-bond donors (Lipinski definition) is 1. The Morgan fingerprint density at radius 1 is 1.15 bits per heavy atom. The van der Waals surface area contributed by atoms with Crippen LogP contribution in [0, 0.1) is 0 Å². The average Bonchev–Trinajstić information content (AvgIpc) is 2.76. The summed E-state index contributed by atoms with van der Waals surface area (Å²) in [6, 6.07) is 13.3. The van der Waals surface area contributed by atoms with Gasteiger partial charge in [-0.15, -0.1) is 0 Å². The molecule has 0 amide bonds. The topological polar surface area (TPSA) is 56.7 Å². The van der Waals surface area contributed by atoms with E-state index < -0.39 is 0 Å². The van der Waals surface area contributed by atoms with Crippen LogP contribution < -0.4 is 5.73 Å². The van der Waals surface area contributed by atoms with E-state index in [0.717, 1.165) is 22.5 Å². The molecule has 0 aliphatic carbocycles. The van der Waals surface area contributed by atoms with Crippen molar-refractivity contribution in [3.05, 3.63) is 53.7 Å². The number of halogens is 1. The van der Waals surface area contributed by atoms with E-state index in [1.165, 1.54) is 0 Å². The number of pyridine rings is 1. The van der Waals surface area contributed by atoms with Crippen LogP contribution >= 0.6 is 11.6 Å². The lowest BCUT2D eigenvalue weighted by Gasteiger charge is -2.04. The molecule has 0 fully saturated rings. The molecule has 20 heavy (non-hydrogen) atoms. The highest BCUT2D eigenvalue weighted by atomic mass is 35.5. The number of rotatable bonds is 2. The zero-order chi connectivity index (χ0) is 14.1. The van der Waals surface area contributed by atoms with Crippen LogP contribution in [0.4, 0.5) is 5.82 Å². The van der Waals surface area contributed by atoms with Crippen LogP contribution in [0.15, 0.2) is 48.7 Å². The predicted molar refractivity (Wildman–Crippen MR) is 81.3 cm³/mol. The second kappa shape index (κ2) is 4.98. The van der Waals surface area contributed by atoms with Gasteiger partial charge in [-0.1, -0.05) is 29.8 Å². The van der Waals surface area contributed by atoms with Crippen LogP contribution in [-0.2, 0) is 7.05 Å². The minimum atomic E-state index is 0.591. The summed E-state index contributed by atoms with van der Waals surface area (Å²) in [4.78, 5) is 4.35. The van der Waals surface area contributed by atoms with E-state index in [1.807, 2.05) is 49.5 Å². The molecule has 5 heteroatoms. The lowest BCUT2D eigenvalue weighted by Crippen LogP contribution is -1.97. The molecule has 0 saturated heterocycles. The van der Waals surface area contributed by atoms with Crippen LogP contribution in [-0.4, -0.2) is 14.8 Å². The van der Waals surface area contributed by atoms with Gasteiger partial charge in [-0.2, -0.15) is 5.10 Å². The van der Waals surface area contributed by atoms with Crippen molar-refractivity contribution in [3.63, 3.8) is 0 Å². The summed E-state index contributed by atoms with van der Waals surface area (Å²) in [5.74, 6) is 0.591. The maximum absolute atomic E-state index is 6.15. The molecule has 1 aromatic carbocycles. The molecule has 2 N–H and O–H groups in total. The lowest BCUT2D eigenvalue weighted by molar-refractivity contribution is 0.781. The van der Waals surface area contributed by atoms with Crippen molar-refractivity contribution in [1.82, 2.24) is 14.8 Å². The highest BCUT2D eigenvalue weighted by molar-refractivity contribution is 6.30. The fourth-order valence-corrected chi connectivity index (χ4v) is 2.34. The van der Waals surface area contributed by atoms with Crippen LogP contribution in [0.2, 0.25) is 5.02 Å². The summed E-state index contributed by atoms with van der Waals surface area (Å²) >= 11 is 6.07. The van der Waals surface area contributed by atoms with E-state index in [2.05, 4.69) is 10.1 Å². The van der Waals surface area contributed by atoms with Gasteiger partial charge in [-0.3, -0.25) is 9.67 Å². The molecule has 0 radical (unpaired) electrons. The SMILES string of the molecule is Cn1nc(-c2ccccn2)c(-c2cccc(Cl)c2)c1N. The smallest absolute Gasteiger partial charge is 0.129 e. The summed E-state index contributed by atoms with van der Waals surface area (Å²) in [5.41, 5.74) is 9.49. The minimum absolute atomic E-state index is 0.591. The Kier molecular flexibility index (Phi) is 3.16. The largest absolute Gasteiger partial charge is 0.383 e. The number of nitrogens with zero attached hydrogens (tertiary/aromatic N) is 3. The van der Waals surface area contributed by atoms with Gasteiger partial charge in [0.1, 0.15) is 11.5 Å². The summed E-state index contributed by atoms with van der Waals surface area (Å²) in [7, 11) is 1.82. The average molecular weight is 285 g/mol. The van der Waals surface area contributed by atoms with E-state index in [4.69, 9.17) is 17.3 Å². The Balaban J connectivity index is 2.25. The van der Waals surface area contributed by atoms with Gasteiger partial charge in [-0.05, 0) is 29.8 Å². The van der Waals surface area contributed by atoms with Gasteiger partial charge in [0.05, 0.1) is 11.3 Å². The first kappa shape index (κ1) is 12.7. The quantitative estimate of drug-likeness (QED) is 0.785. The van der Waals surface area contributed by atoms with Crippen LogP contribution in [0.3, 0.4) is 0 Å². The van der Waals surface area contributed by atoms with Gasteiger partial charge in [0.25, 0.3) is 0 Å². The minimum Gasteiger partial charge on any atom is -0.383 e. The normalized spacial score (nSPS) is 10.7. The highest BCUT2D eigenvalue weighted by Crippen LogP contribution is 2.35. The van der Waals surface area contributed by atoms with Gasteiger partial charge in [0.2, 0.25) is 0 Å². The molecule has 3 aromatic rings. The molecule has 0 aliphatic heterocycles.